The number of hydrogen-bond acceptors (Lipinski definition) is 1. The Morgan fingerprint density at radius 3 is 2.46 bits per heavy atom. The lowest BCUT2D eigenvalue weighted by Gasteiger charge is -2.09. The maximum absolute atomic E-state index is 13.8. The average Bonchev–Trinajstić information content (AvgIpc) is 3.07. The molecule has 4 aromatic rings. The molecule has 0 aliphatic carbocycles. The Balaban J connectivity index is 1.59. The van der Waals surface area contributed by atoms with Crippen LogP contribution in [0.15, 0.2) is 72.9 Å². The van der Waals surface area contributed by atoms with E-state index in [1.807, 2.05) is 36.5 Å². The van der Waals surface area contributed by atoms with Crippen molar-refractivity contribution in [3.05, 3.63) is 89.3 Å². The Morgan fingerprint density at radius 1 is 0.962 bits per heavy atom. The summed E-state index contributed by atoms with van der Waals surface area (Å²) in [5.41, 5.74) is 4.17. The van der Waals surface area contributed by atoms with Crippen molar-refractivity contribution in [2.75, 3.05) is 7.11 Å². The van der Waals surface area contributed by atoms with Gasteiger partial charge in [0.05, 0.1) is 17.6 Å². The fraction of sp³-hybridized carbons (Fsp3) is 0.0909. The second kappa shape index (κ2) is 6.85. The second-order valence-corrected chi connectivity index (χ2v) is 6.57. The molecule has 2 nitrogen and oxygen atoms in total. The van der Waals surface area contributed by atoms with Gasteiger partial charge in [-0.1, -0.05) is 48.0 Å². The third-order valence-electron chi connectivity index (χ3n) is 4.55. The Kier molecular flexibility index (Phi) is 4.39. The standard InChI is InChI=1S/C22H17ClFNO/c1-26-22-10-9-17(13-19(22)23)16-7-5-15(6-8-16)14-25-12-11-18-20(24)3-2-4-21(18)25/h2-13H,14H2,1H3. The second-order valence-electron chi connectivity index (χ2n) is 6.16. The van der Waals surface area contributed by atoms with Crippen LogP contribution < -0.4 is 4.74 Å². The van der Waals surface area contributed by atoms with Gasteiger partial charge in [-0.05, 0) is 47.0 Å². The van der Waals surface area contributed by atoms with Crippen molar-refractivity contribution in [1.29, 1.82) is 0 Å². The lowest BCUT2D eigenvalue weighted by atomic mass is 10.0. The van der Waals surface area contributed by atoms with Crippen molar-refractivity contribution in [1.82, 2.24) is 4.57 Å². The minimum atomic E-state index is -0.187. The number of fused-ring (bicyclic) bond motifs is 1. The number of methoxy groups -OCH3 is 1. The van der Waals surface area contributed by atoms with E-state index in [-0.39, 0.29) is 5.82 Å². The summed E-state index contributed by atoms with van der Waals surface area (Å²) in [6.07, 6.45) is 1.92. The first-order valence-electron chi connectivity index (χ1n) is 8.32. The zero-order valence-corrected chi connectivity index (χ0v) is 15.0. The number of rotatable bonds is 4. The Bertz CT molecular complexity index is 1070. The van der Waals surface area contributed by atoms with E-state index in [9.17, 15) is 4.39 Å². The van der Waals surface area contributed by atoms with Crippen LogP contribution in [-0.2, 0) is 6.54 Å². The monoisotopic (exact) mass is 365 g/mol. The number of benzene rings is 3. The SMILES string of the molecule is COc1ccc(-c2ccc(Cn3ccc4c(F)cccc43)cc2)cc1Cl. The molecule has 0 aliphatic rings. The van der Waals surface area contributed by atoms with Crippen molar-refractivity contribution >= 4 is 22.5 Å². The van der Waals surface area contributed by atoms with Gasteiger partial charge in [0, 0.05) is 18.1 Å². The lowest BCUT2D eigenvalue weighted by Crippen LogP contribution is -1.97. The van der Waals surface area contributed by atoms with E-state index < -0.39 is 0 Å². The van der Waals surface area contributed by atoms with Crippen LogP contribution in [0, 0.1) is 5.82 Å². The summed E-state index contributed by atoms with van der Waals surface area (Å²) >= 11 is 6.21. The van der Waals surface area contributed by atoms with Crippen LogP contribution in [0.5, 0.6) is 5.75 Å². The normalized spacial score (nSPS) is 11.0. The highest BCUT2D eigenvalue weighted by atomic mass is 35.5. The van der Waals surface area contributed by atoms with E-state index in [0.717, 1.165) is 22.2 Å². The molecule has 4 rings (SSSR count). The van der Waals surface area contributed by atoms with Gasteiger partial charge in [0.25, 0.3) is 0 Å². The molecule has 0 spiro atoms. The number of aromatic nitrogens is 1. The van der Waals surface area contributed by atoms with Gasteiger partial charge in [-0.2, -0.15) is 0 Å². The number of halogens is 2. The number of ether oxygens (including phenoxy) is 1. The van der Waals surface area contributed by atoms with Crippen molar-refractivity contribution in [3.8, 4) is 16.9 Å². The largest absolute Gasteiger partial charge is 0.495 e. The minimum Gasteiger partial charge on any atom is -0.495 e. The lowest BCUT2D eigenvalue weighted by molar-refractivity contribution is 0.415. The van der Waals surface area contributed by atoms with Crippen LogP contribution in [0.3, 0.4) is 0 Å². The molecule has 1 aromatic heterocycles. The van der Waals surface area contributed by atoms with E-state index in [2.05, 4.69) is 28.8 Å². The topological polar surface area (TPSA) is 14.2 Å². The molecule has 1 heterocycles. The molecular formula is C22H17ClFNO. The minimum absolute atomic E-state index is 0.187. The Hall–Kier alpha value is -2.78. The number of nitrogens with zero attached hydrogens (tertiary/aromatic N) is 1. The van der Waals surface area contributed by atoms with E-state index in [1.54, 1.807) is 13.2 Å². The van der Waals surface area contributed by atoms with Gasteiger partial charge >= 0.3 is 0 Å². The summed E-state index contributed by atoms with van der Waals surface area (Å²) in [6, 6.07) is 21.0. The quantitative estimate of drug-likeness (QED) is 0.422. The molecule has 0 N–H and O–H groups in total. The molecule has 0 amide bonds. The van der Waals surface area contributed by atoms with Crippen LogP contribution in [0.1, 0.15) is 5.56 Å². The maximum atomic E-state index is 13.8. The molecular weight excluding hydrogens is 349 g/mol. The van der Waals surface area contributed by atoms with E-state index in [4.69, 9.17) is 16.3 Å². The predicted molar refractivity (Wildman–Crippen MR) is 104 cm³/mol. The van der Waals surface area contributed by atoms with Gasteiger partial charge in [0.1, 0.15) is 11.6 Å². The molecule has 130 valence electrons. The van der Waals surface area contributed by atoms with Gasteiger partial charge in [-0.25, -0.2) is 4.39 Å². The molecule has 0 atom stereocenters. The zero-order chi connectivity index (χ0) is 18.1. The average molecular weight is 366 g/mol. The molecule has 26 heavy (non-hydrogen) atoms. The first-order valence-corrected chi connectivity index (χ1v) is 8.70. The molecule has 4 heteroatoms. The molecule has 3 aromatic carbocycles. The van der Waals surface area contributed by atoms with Crippen molar-refractivity contribution in [3.63, 3.8) is 0 Å². The molecule has 0 saturated heterocycles. The van der Waals surface area contributed by atoms with Crippen LogP contribution in [0.4, 0.5) is 4.39 Å². The number of hydrogen-bond donors (Lipinski definition) is 0. The maximum Gasteiger partial charge on any atom is 0.137 e. The van der Waals surface area contributed by atoms with Gasteiger partial charge in [-0.15, -0.1) is 0 Å². The summed E-state index contributed by atoms with van der Waals surface area (Å²) < 4.78 is 21.1. The van der Waals surface area contributed by atoms with Crippen LogP contribution in [-0.4, -0.2) is 11.7 Å². The molecule has 0 bridgehead atoms. The molecule has 0 aliphatic heterocycles. The summed E-state index contributed by atoms with van der Waals surface area (Å²) in [5.74, 6) is 0.478. The third kappa shape index (κ3) is 3.06. The highest BCUT2D eigenvalue weighted by molar-refractivity contribution is 6.32. The van der Waals surface area contributed by atoms with Gasteiger partial charge in [0.15, 0.2) is 0 Å². The van der Waals surface area contributed by atoms with Crippen molar-refractivity contribution in [2.45, 2.75) is 6.54 Å². The molecule has 0 saturated carbocycles. The summed E-state index contributed by atoms with van der Waals surface area (Å²) in [5, 5.41) is 1.24. The van der Waals surface area contributed by atoms with Gasteiger partial charge in [0.2, 0.25) is 0 Å². The van der Waals surface area contributed by atoms with Crippen LogP contribution in [0.2, 0.25) is 5.02 Å². The Labute approximate surface area is 156 Å². The fourth-order valence-electron chi connectivity index (χ4n) is 3.17. The first-order chi connectivity index (χ1) is 12.7. The highest BCUT2D eigenvalue weighted by Crippen LogP contribution is 2.30. The van der Waals surface area contributed by atoms with Gasteiger partial charge < -0.3 is 9.30 Å². The van der Waals surface area contributed by atoms with Crippen molar-refractivity contribution < 1.29 is 9.13 Å². The van der Waals surface area contributed by atoms with Gasteiger partial charge in [-0.3, -0.25) is 0 Å². The fourth-order valence-corrected chi connectivity index (χ4v) is 3.43. The third-order valence-corrected chi connectivity index (χ3v) is 4.85. The smallest absolute Gasteiger partial charge is 0.137 e. The highest BCUT2D eigenvalue weighted by Gasteiger charge is 2.07. The van der Waals surface area contributed by atoms with E-state index >= 15 is 0 Å². The summed E-state index contributed by atoms with van der Waals surface area (Å²) in [4.78, 5) is 0. The zero-order valence-electron chi connectivity index (χ0n) is 14.2. The van der Waals surface area contributed by atoms with Crippen molar-refractivity contribution in [2.24, 2.45) is 0 Å². The van der Waals surface area contributed by atoms with E-state index in [1.165, 1.54) is 6.07 Å². The van der Waals surface area contributed by atoms with E-state index in [0.29, 0.717) is 22.7 Å². The summed E-state index contributed by atoms with van der Waals surface area (Å²) in [6.45, 7) is 0.691. The Morgan fingerprint density at radius 2 is 1.73 bits per heavy atom. The molecule has 0 fully saturated rings. The van der Waals surface area contributed by atoms with Crippen LogP contribution in [0.25, 0.3) is 22.0 Å². The summed E-state index contributed by atoms with van der Waals surface area (Å²) in [7, 11) is 1.60. The predicted octanol–water partition coefficient (Wildman–Crippen LogP) is 6.16. The van der Waals surface area contributed by atoms with Crippen LogP contribution >= 0.6 is 11.6 Å². The molecule has 0 unspecified atom stereocenters. The molecule has 0 radical (unpaired) electrons. The first kappa shape index (κ1) is 16.7.